The van der Waals surface area contributed by atoms with Crippen LogP contribution in [-0.2, 0) is 11.3 Å². The van der Waals surface area contributed by atoms with Gasteiger partial charge in [0.2, 0.25) is 5.91 Å². The summed E-state index contributed by atoms with van der Waals surface area (Å²) in [5, 5.41) is 8.05. The lowest BCUT2D eigenvalue weighted by molar-refractivity contribution is -0.115. The van der Waals surface area contributed by atoms with E-state index in [0.717, 1.165) is 22.4 Å². The first-order chi connectivity index (χ1) is 11.0. The van der Waals surface area contributed by atoms with Gasteiger partial charge in [0.1, 0.15) is 0 Å². The van der Waals surface area contributed by atoms with Gasteiger partial charge in [-0.2, -0.15) is 0 Å². The Morgan fingerprint density at radius 1 is 0.957 bits per heavy atom. The molecule has 3 N–H and O–H groups in total. The van der Waals surface area contributed by atoms with Crippen LogP contribution in [0.25, 0.3) is 0 Å². The summed E-state index contributed by atoms with van der Waals surface area (Å²) < 4.78 is 0. The molecule has 0 aromatic heterocycles. The molecule has 0 radical (unpaired) electrons. The van der Waals surface area contributed by atoms with Gasteiger partial charge in [-0.3, -0.25) is 4.79 Å². The zero-order valence-electron chi connectivity index (χ0n) is 13.3. The number of anilines is 1. The molecule has 5 nitrogen and oxygen atoms in total. The summed E-state index contributed by atoms with van der Waals surface area (Å²) in [6.45, 7) is 4.23. The maximum Gasteiger partial charge on any atom is 0.315 e. The van der Waals surface area contributed by atoms with Crippen molar-refractivity contribution in [3.63, 3.8) is 0 Å². The number of urea groups is 1. The van der Waals surface area contributed by atoms with E-state index in [-0.39, 0.29) is 18.5 Å². The lowest BCUT2D eigenvalue weighted by Crippen LogP contribution is -2.39. The van der Waals surface area contributed by atoms with Gasteiger partial charge >= 0.3 is 6.03 Å². The standard InChI is InChI=1S/C18H21N3O2/c1-13-8-9-14(2)16(10-13)21-17(22)12-20-18(23)19-11-15-6-4-3-5-7-15/h3-10H,11-12H2,1-2H3,(H,21,22)(H2,19,20,23). The second-order valence-electron chi connectivity index (χ2n) is 5.39. The summed E-state index contributed by atoms with van der Waals surface area (Å²) in [7, 11) is 0. The van der Waals surface area contributed by atoms with E-state index in [1.165, 1.54) is 0 Å². The average molecular weight is 311 g/mol. The van der Waals surface area contributed by atoms with Crippen molar-refractivity contribution in [3.8, 4) is 0 Å². The SMILES string of the molecule is Cc1ccc(C)c(NC(=O)CNC(=O)NCc2ccccc2)c1. The van der Waals surface area contributed by atoms with Crippen molar-refractivity contribution in [2.75, 3.05) is 11.9 Å². The Bertz CT molecular complexity index is 684. The monoisotopic (exact) mass is 311 g/mol. The molecule has 0 bridgehead atoms. The molecule has 0 spiro atoms. The maximum atomic E-state index is 11.9. The van der Waals surface area contributed by atoms with Crippen LogP contribution >= 0.6 is 0 Å². The van der Waals surface area contributed by atoms with Crippen LogP contribution in [-0.4, -0.2) is 18.5 Å². The zero-order valence-corrected chi connectivity index (χ0v) is 13.3. The number of benzene rings is 2. The number of amides is 3. The Hall–Kier alpha value is -2.82. The molecule has 0 fully saturated rings. The van der Waals surface area contributed by atoms with Crippen LogP contribution in [0.1, 0.15) is 16.7 Å². The van der Waals surface area contributed by atoms with Crippen LogP contribution in [0.3, 0.4) is 0 Å². The van der Waals surface area contributed by atoms with E-state index < -0.39 is 0 Å². The first-order valence-electron chi connectivity index (χ1n) is 7.47. The molecule has 2 aromatic carbocycles. The molecule has 0 aliphatic carbocycles. The average Bonchev–Trinajstić information content (AvgIpc) is 2.55. The molecule has 2 rings (SSSR count). The van der Waals surface area contributed by atoms with E-state index in [2.05, 4.69) is 16.0 Å². The number of carbonyl (C=O) groups is 2. The summed E-state index contributed by atoms with van der Waals surface area (Å²) in [5.41, 5.74) is 3.82. The lowest BCUT2D eigenvalue weighted by Gasteiger charge is -2.11. The quantitative estimate of drug-likeness (QED) is 0.794. The molecule has 0 aliphatic heterocycles. The van der Waals surface area contributed by atoms with Gasteiger partial charge in [0, 0.05) is 12.2 Å². The Morgan fingerprint density at radius 2 is 1.70 bits per heavy atom. The van der Waals surface area contributed by atoms with E-state index in [1.807, 2.05) is 62.4 Å². The number of rotatable bonds is 5. The molecule has 0 heterocycles. The lowest BCUT2D eigenvalue weighted by atomic mass is 10.1. The summed E-state index contributed by atoms with van der Waals surface area (Å²) in [5.74, 6) is -0.256. The van der Waals surface area contributed by atoms with Crippen molar-refractivity contribution in [3.05, 3.63) is 65.2 Å². The fourth-order valence-electron chi connectivity index (χ4n) is 2.07. The number of nitrogens with one attached hydrogen (secondary N) is 3. The van der Waals surface area contributed by atoms with Crippen molar-refractivity contribution in [2.24, 2.45) is 0 Å². The summed E-state index contributed by atoms with van der Waals surface area (Å²) in [4.78, 5) is 23.6. The van der Waals surface area contributed by atoms with Crippen molar-refractivity contribution in [1.29, 1.82) is 0 Å². The van der Waals surface area contributed by atoms with E-state index in [4.69, 9.17) is 0 Å². The van der Waals surface area contributed by atoms with Crippen molar-refractivity contribution in [1.82, 2.24) is 10.6 Å². The summed E-state index contributed by atoms with van der Waals surface area (Å²) >= 11 is 0. The summed E-state index contributed by atoms with van der Waals surface area (Å²) in [6, 6.07) is 15.1. The minimum absolute atomic E-state index is 0.0754. The fraction of sp³-hybridized carbons (Fsp3) is 0.222. The fourth-order valence-corrected chi connectivity index (χ4v) is 2.07. The third-order valence-electron chi connectivity index (χ3n) is 3.37. The van der Waals surface area contributed by atoms with Gasteiger partial charge in [0.05, 0.1) is 6.54 Å². The molecule has 0 aliphatic rings. The van der Waals surface area contributed by atoms with Gasteiger partial charge < -0.3 is 16.0 Å². The van der Waals surface area contributed by atoms with E-state index in [0.29, 0.717) is 6.54 Å². The van der Waals surface area contributed by atoms with Gasteiger partial charge in [0.15, 0.2) is 0 Å². The second-order valence-corrected chi connectivity index (χ2v) is 5.39. The van der Waals surface area contributed by atoms with Crippen molar-refractivity contribution >= 4 is 17.6 Å². The first kappa shape index (κ1) is 16.5. The van der Waals surface area contributed by atoms with E-state index >= 15 is 0 Å². The minimum Gasteiger partial charge on any atom is -0.334 e. The highest BCUT2D eigenvalue weighted by molar-refractivity contribution is 5.94. The number of aryl methyl sites for hydroxylation is 2. The van der Waals surface area contributed by atoms with Crippen LogP contribution in [0.15, 0.2) is 48.5 Å². The molecule has 0 atom stereocenters. The normalized spacial score (nSPS) is 10.0. The Morgan fingerprint density at radius 3 is 2.43 bits per heavy atom. The van der Waals surface area contributed by atoms with Crippen LogP contribution in [0.2, 0.25) is 0 Å². The van der Waals surface area contributed by atoms with Crippen LogP contribution < -0.4 is 16.0 Å². The van der Waals surface area contributed by atoms with Gasteiger partial charge in [-0.25, -0.2) is 4.79 Å². The molecule has 120 valence electrons. The van der Waals surface area contributed by atoms with Crippen LogP contribution in [0.4, 0.5) is 10.5 Å². The molecular formula is C18H21N3O2. The van der Waals surface area contributed by atoms with Crippen molar-refractivity contribution in [2.45, 2.75) is 20.4 Å². The number of carbonyl (C=O) groups excluding carboxylic acids is 2. The third kappa shape index (κ3) is 5.47. The predicted molar refractivity (Wildman–Crippen MR) is 91.2 cm³/mol. The molecule has 0 saturated carbocycles. The van der Waals surface area contributed by atoms with Gasteiger partial charge in [-0.1, -0.05) is 42.5 Å². The predicted octanol–water partition coefficient (Wildman–Crippen LogP) is 2.74. The van der Waals surface area contributed by atoms with Gasteiger partial charge in [0.25, 0.3) is 0 Å². The van der Waals surface area contributed by atoms with Crippen molar-refractivity contribution < 1.29 is 9.59 Å². The highest BCUT2D eigenvalue weighted by Gasteiger charge is 2.07. The van der Waals surface area contributed by atoms with E-state index in [9.17, 15) is 9.59 Å². The minimum atomic E-state index is -0.370. The Balaban J connectivity index is 1.75. The van der Waals surface area contributed by atoms with E-state index in [1.54, 1.807) is 0 Å². The molecular weight excluding hydrogens is 290 g/mol. The molecule has 23 heavy (non-hydrogen) atoms. The third-order valence-corrected chi connectivity index (χ3v) is 3.37. The summed E-state index contributed by atoms with van der Waals surface area (Å²) in [6.07, 6.45) is 0. The number of hydrogen-bond acceptors (Lipinski definition) is 2. The Kier molecular flexibility index (Phi) is 5.74. The van der Waals surface area contributed by atoms with Crippen LogP contribution in [0.5, 0.6) is 0 Å². The highest BCUT2D eigenvalue weighted by atomic mass is 16.2. The number of hydrogen-bond donors (Lipinski definition) is 3. The van der Waals surface area contributed by atoms with Gasteiger partial charge in [-0.15, -0.1) is 0 Å². The largest absolute Gasteiger partial charge is 0.334 e. The van der Waals surface area contributed by atoms with Crippen LogP contribution in [0, 0.1) is 13.8 Å². The molecule has 5 heteroatoms. The zero-order chi connectivity index (χ0) is 16.7. The smallest absolute Gasteiger partial charge is 0.315 e. The maximum absolute atomic E-state index is 11.9. The molecule has 3 amide bonds. The van der Waals surface area contributed by atoms with Gasteiger partial charge in [-0.05, 0) is 36.6 Å². The Labute approximate surface area is 136 Å². The second kappa shape index (κ2) is 7.98. The topological polar surface area (TPSA) is 70.2 Å². The highest BCUT2D eigenvalue weighted by Crippen LogP contribution is 2.15. The first-order valence-corrected chi connectivity index (χ1v) is 7.47. The molecule has 0 saturated heterocycles. The molecule has 2 aromatic rings. The molecule has 0 unspecified atom stereocenters.